The average Bonchev–Trinajstić information content (AvgIpc) is 2.82. The van der Waals surface area contributed by atoms with Crippen molar-refractivity contribution in [3.63, 3.8) is 0 Å². The number of likely N-dealkylation sites (N-methyl/N-ethyl adjacent to an activating group) is 1. The van der Waals surface area contributed by atoms with Crippen molar-refractivity contribution in [2.75, 3.05) is 45.2 Å². The van der Waals surface area contributed by atoms with Crippen molar-refractivity contribution in [1.29, 1.82) is 0 Å². The van der Waals surface area contributed by atoms with Crippen molar-refractivity contribution in [3.05, 3.63) is 12.0 Å². The standard InChI is InChI=1S/C15H30N4O/c1-6-7-19(9-8-18(4)5)15-17-14(12-20-15)11-16-10-13(2)3/h12-13,16H,6-11H2,1-5H3. The quantitative estimate of drug-likeness (QED) is 0.713. The molecular formula is C15H30N4O. The zero-order chi connectivity index (χ0) is 15.0. The van der Waals surface area contributed by atoms with E-state index in [9.17, 15) is 0 Å². The van der Waals surface area contributed by atoms with Crippen molar-refractivity contribution in [2.24, 2.45) is 5.92 Å². The molecule has 0 amide bonds. The largest absolute Gasteiger partial charge is 0.432 e. The summed E-state index contributed by atoms with van der Waals surface area (Å²) < 4.78 is 5.63. The van der Waals surface area contributed by atoms with E-state index in [0.717, 1.165) is 50.9 Å². The van der Waals surface area contributed by atoms with Gasteiger partial charge in [0.15, 0.2) is 0 Å². The van der Waals surface area contributed by atoms with Gasteiger partial charge >= 0.3 is 0 Å². The molecule has 0 radical (unpaired) electrons. The van der Waals surface area contributed by atoms with E-state index in [2.05, 4.69) is 55.0 Å². The van der Waals surface area contributed by atoms with E-state index in [1.165, 1.54) is 0 Å². The lowest BCUT2D eigenvalue weighted by Crippen LogP contribution is -2.32. The van der Waals surface area contributed by atoms with Crippen molar-refractivity contribution >= 4 is 6.01 Å². The summed E-state index contributed by atoms with van der Waals surface area (Å²) in [5.74, 6) is 0.651. The van der Waals surface area contributed by atoms with Crippen molar-refractivity contribution in [1.82, 2.24) is 15.2 Å². The molecule has 5 nitrogen and oxygen atoms in total. The first-order valence-electron chi connectivity index (χ1n) is 7.57. The molecule has 0 aromatic carbocycles. The van der Waals surface area contributed by atoms with Gasteiger partial charge in [-0.2, -0.15) is 4.98 Å². The summed E-state index contributed by atoms with van der Waals surface area (Å²) in [4.78, 5) is 8.97. The Hall–Kier alpha value is -1.07. The van der Waals surface area contributed by atoms with Gasteiger partial charge in [-0.15, -0.1) is 0 Å². The Kier molecular flexibility index (Phi) is 7.62. The second kappa shape index (κ2) is 8.97. The molecule has 1 aromatic rings. The summed E-state index contributed by atoms with van der Waals surface area (Å²) in [6, 6.07) is 0.745. The Morgan fingerprint density at radius 1 is 1.25 bits per heavy atom. The highest BCUT2D eigenvalue weighted by Crippen LogP contribution is 2.14. The molecule has 0 aliphatic rings. The van der Waals surface area contributed by atoms with Gasteiger partial charge in [0.05, 0.1) is 5.69 Å². The molecule has 20 heavy (non-hydrogen) atoms. The minimum Gasteiger partial charge on any atom is -0.432 e. The highest BCUT2D eigenvalue weighted by molar-refractivity contribution is 5.26. The SMILES string of the molecule is CCCN(CCN(C)C)c1nc(CNCC(C)C)co1. The maximum Gasteiger partial charge on any atom is 0.297 e. The van der Waals surface area contributed by atoms with E-state index >= 15 is 0 Å². The summed E-state index contributed by atoms with van der Waals surface area (Å²) in [6.45, 7) is 11.3. The Morgan fingerprint density at radius 3 is 2.60 bits per heavy atom. The molecule has 116 valence electrons. The van der Waals surface area contributed by atoms with Crippen LogP contribution in [0.1, 0.15) is 32.9 Å². The molecule has 1 rings (SSSR count). The van der Waals surface area contributed by atoms with E-state index in [-0.39, 0.29) is 0 Å². The van der Waals surface area contributed by atoms with Gasteiger partial charge in [0.1, 0.15) is 6.26 Å². The third kappa shape index (κ3) is 6.39. The van der Waals surface area contributed by atoms with Crippen LogP contribution in [0.4, 0.5) is 6.01 Å². The molecule has 0 aliphatic carbocycles. The molecule has 0 aliphatic heterocycles. The number of hydrogen-bond donors (Lipinski definition) is 1. The van der Waals surface area contributed by atoms with Crippen LogP contribution in [0.3, 0.4) is 0 Å². The molecule has 0 unspecified atom stereocenters. The van der Waals surface area contributed by atoms with Gasteiger partial charge in [-0.1, -0.05) is 20.8 Å². The second-order valence-electron chi connectivity index (χ2n) is 5.94. The van der Waals surface area contributed by atoms with E-state index < -0.39 is 0 Å². The normalized spacial score (nSPS) is 11.6. The first-order valence-corrected chi connectivity index (χ1v) is 7.57. The molecule has 1 aromatic heterocycles. The lowest BCUT2D eigenvalue weighted by atomic mass is 10.2. The highest BCUT2D eigenvalue weighted by Gasteiger charge is 2.12. The van der Waals surface area contributed by atoms with Gasteiger partial charge in [-0.3, -0.25) is 0 Å². The van der Waals surface area contributed by atoms with Crippen LogP contribution in [0.25, 0.3) is 0 Å². The van der Waals surface area contributed by atoms with Crippen LogP contribution in [0, 0.1) is 5.92 Å². The minimum absolute atomic E-state index is 0.651. The van der Waals surface area contributed by atoms with Crippen molar-refractivity contribution < 1.29 is 4.42 Å². The number of hydrogen-bond acceptors (Lipinski definition) is 5. The lowest BCUT2D eigenvalue weighted by Gasteiger charge is -2.21. The van der Waals surface area contributed by atoms with Crippen LogP contribution in [0.15, 0.2) is 10.7 Å². The van der Waals surface area contributed by atoms with Crippen LogP contribution in [0.2, 0.25) is 0 Å². The molecule has 5 heteroatoms. The molecule has 0 saturated carbocycles. The van der Waals surface area contributed by atoms with Crippen LogP contribution < -0.4 is 10.2 Å². The first kappa shape index (κ1) is 17.0. The van der Waals surface area contributed by atoms with Gasteiger partial charge in [0.2, 0.25) is 0 Å². The summed E-state index contributed by atoms with van der Waals surface area (Å²) in [5, 5.41) is 3.39. The maximum absolute atomic E-state index is 5.63. The Balaban J connectivity index is 2.52. The monoisotopic (exact) mass is 282 g/mol. The number of oxazole rings is 1. The zero-order valence-electron chi connectivity index (χ0n) is 13.6. The van der Waals surface area contributed by atoms with Crippen LogP contribution in [0.5, 0.6) is 0 Å². The van der Waals surface area contributed by atoms with Gasteiger partial charge in [0.25, 0.3) is 6.01 Å². The fourth-order valence-corrected chi connectivity index (χ4v) is 1.91. The summed E-state index contributed by atoms with van der Waals surface area (Å²) in [5.41, 5.74) is 0.978. The van der Waals surface area contributed by atoms with Gasteiger partial charge < -0.3 is 19.5 Å². The van der Waals surface area contributed by atoms with Crippen molar-refractivity contribution in [2.45, 2.75) is 33.7 Å². The molecule has 0 spiro atoms. The predicted octanol–water partition coefficient (Wildman–Crippen LogP) is 2.20. The smallest absolute Gasteiger partial charge is 0.297 e. The predicted molar refractivity (Wildman–Crippen MR) is 84.1 cm³/mol. The van der Waals surface area contributed by atoms with Crippen molar-refractivity contribution in [3.8, 4) is 0 Å². The number of anilines is 1. The van der Waals surface area contributed by atoms with E-state index in [1.54, 1.807) is 6.26 Å². The topological polar surface area (TPSA) is 44.5 Å². The van der Waals surface area contributed by atoms with Crippen LogP contribution in [-0.2, 0) is 6.54 Å². The molecule has 0 saturated heterocycles. The maximum atomic E-state index is 5.63. The van der Waals surface area contributed by atoms with Gasteiger partial charge in [0, 0.05) is 26.2 Å². The Bertz CT molecular complexity index is 363. The molecule has 1 N–H and O–H groups in total. The fraction of sp³-hybridized carbons (Fsp3) is 0.800. The minimum atomic E-state index is 0.651. The summed E-state index contributed by atoms with van der Waals surface area (Å²) >= 11 is 0. The second-order valence-corrected chi connectivity index (χ2v) is 5.94. The van der Waals surface area contributed by atoms with Crippen LogP contribution in [-0.4, -0.2) is 50.2 Å². The number of aromatic nitrogens is 1. The van der Waals surface area contributed by atoms with Gasteiger partial charge in [-0.25, -0.2) is 0 Å². The van der Waals surface area contributed by atoms with Crippen LogP contribution >= 0.6 is 0 Å². The average molecular weight is 282 g/mol. The van der Waals surface area contributed by atoms with E-state index in [0.29, 0.717) is 5.92 Å². The number of nitrogens with zero attached hydrogens (tertiary/aromatic N) is 3. The third-order valence-electron chi connectivity index (χ3n) is 2.98. The summed E-state index contributed by atoms with van der Waals surface area (Å²) in [7, 11) is 4.17. The molecule has 0 fully saturated rings. The molecule has 0 bridgehead atoms. The van der Waals surface area contributed by atoms with Gasteiger partial charge in [-0.05, 0) is 33.0 Å². The Labute approximate surface area is 123 Å². The molecule has 1 heterocycles. The third-order valence-corrected chi connectivity index (χ3v) is 2.98. The van der Waals surface area contributed by atoms with E-state index in [1.807, 2.05) is 0 Å². The highest BCUT2D eigenvalue weighted by atomic mass is 16.4. The summed E-state index contributed by atoms with van der Waals surface area (Å²) in [6.07, 6.45) is 2.86. The number of nitrogens with one attached hydrogen (secondary N) is 1. The molecular weight excluding hydrogens is 252 g/mol. The molecule has 0 atom stereocenters. The fourth-order valence-electron chi connectivity index (χ4n) is 1.91. The Morgan fingerprint density at radius 2 is 2.00 bits per heavy atom. The van der Waals surface area contributed by atoms with E-state index in [4.69, 9.17) is 4.42 Å². The lowest BCUT2D eigenvalue weighted by molar-refractivity contribution is 0.405. The zero-order valence-corrected chi connectivity index (χ0v) is 13.6. The first-order chi connectivity index (χ1) is 9.52. The number of rotatable bonds is 10.